The third kappa shape index (κ3) is 3.71. The molecule has 0 radical (unpaired) electrons. The molecule has 2 amide bonds. The summed E-state index contributed by atoms with van der Waals surface area (Å²) in [5.74, 6) is 0. The van der Waals surface area contributed by atoms with Crippen LogP contribution in [0.3, 0.4) is 0 Å². The molecule has 0 aromatic heterocycles. The lowest BCUT2D eigenvalue weighted by Gasteiger charge is -2.52. The highest BCUT2D eigenvalue weighted by atomic mass is 16.6. The average Bonchev–Trinajstić information content (AvgIpc) is 3.01. The maximum absolute atomic E-state index is 12.0. The molecule has 2 heterocycles. The molecule has 7 heteroatoms. The van der Waals surface area contributed by atoms with Gasteiger partial charge in [0, 0.05) is 44.8 Å². The predicted molar refractivity (Wildman–Crippen MR) is 93.7 cm³/mol. The largest absolute Gasteiger partial charge is 0.465 e. The van der Waals surface area contributed by atoms with Gasteiger partial charge in [0.2, 0.25) is 0 Å². The van der Waals surface area contributed by atoms with E-state index in [1.807, 2.05) is 18.7 Å². The van der Waals surface area contributed by atoms with Gasteiger partial charge in [-0.05, 0) is 51.4 Å². The van der Waals surface area contributed by atoms with Gasteiger partial charge in [-0.15, -0.1) is 0 Å². The van der Waals surface area contributed by atoms with Gasteiger partial charge < -0.3 is 24.5 Å². The van der Waals surface area contributed by atoms with Gasteiger partial charge in [-0.3, -0.25) is 0 Å². The van der Waals surface area contributed by atoms with Gasteiger partial charge in [-0.25, -0.2) is 9.59 Å². The van der Waals surface area contributed by atoms with Crippen molar-refractivity contribution in [2.24, 2.45) is 5.41 Å². The van der Waals surface area contributed by atoms with Crippen molar-refractivity contribution in [1.82, 2.24) is 14.7 Å². The molecular formula is C18H31N3O4. The van der Waals surface area contributed by atoms with Crippen LogP contribution in [0, 0.1) is 5.41 Å². The Morgan fingerprint density at radius 1 is 1.20 bits per heavy atom. The zero-order valence-electron chi connectivity index (χ0n) is 15.4. The van der Waals surface area contributed by atoms with E-state index in [9.17, 15) is 9.59 Å². The van der Waals surface area contributed by atoms with Crippen molar-refractivity contribution in [2.75, 3.05) is 39.3 Å². The molecular weight excluding hydrogens is 322 g/mol. The number of carboxylic acid groups (broad SMARTS) is 1. The Balaban J connectivity index is 1.45. The number of hydrogen-bond acceptors (Lipinski definition) is 4. The van der Waals surface area contributed by atoms with E-state index < -0.39 is 6.09 Å². The third-order valence-corrected chi connectivity index (χ3v) is 6.35. The van der Waals surface area contributed by atoms with Gasteiger partial charge in [-0.2, -0.15) is 0 Å². The first kappa shape index (κ1) is 18.3. The summed E-state index contributed by atoms with van der Waals surface area (Å²) in [4.78, 5) is 29.1. The van der Waals surface area contributed by atoms with Crippen molar-refractivity contribution in [3.63, 3.8) is 0 Å². The van der Waals surface area contributed by atoms with Crippen molar-refractivity contribution < 1.29 is 19.4 Å². The first-order valence-electron chi connectivity index (χ1n) is 9.63. The van der Waals surface area contributed by atoms with E-state index in [0.717, 1.165) is 45.2 Å². The molecule has 142 valence electrons. The van der Waals surface area contributed by atoms with Crippen molar-refractivity contribution in [1.29, 1.82) is 0 Å². The molecule has 2 saturated heterocycles. The van der Waals surface area contributed by atoms with E-state index >= 15 is 0 Å². The number of carbonyl (C=O) groups is 2. The molecule has 25 heavy (non-hydrogen) atoms. The first-order valence-corrected chi connectivity index (χ1v) is 9.63. The van der Waals surface area contributed by atoms with Crippen molar-refractivity contribution >= 4 is 12.2 Å². The highest BCUT2D eigenvalue weighted by Crippen LogP contribution is 2.50. The first-order chi connectivity index (χ1) is 12.0. The molecule has 7 nitrogen and oxygen atoms in total. The Morgan fingerprint density at radius 2 is 1.88 bits per heavy atom. The zero-order chi connectivity index (χ0) is 18.0. The molecule has 2 aliphatic heterocycles. The minimum Gasteiger partial charge on any atom is -0.465 e. The second kappa shape index (κ2) is 7.40. The van der Waals surface area contributed by atoms with Crippen LogP contribution < -0.4 is 0 Å². The van der Waals surface area contributed by atoms with Crippen molar-refractivity contribution in [3.8, 4) is 0 Å². The van der Waals surface area contributed by atoms with Gasteiger partial charge >= 0.3 is 12.2 Å². The summed E-state index contributed by atoms with van der Waals surface area (Å²) in [6.45, 7) is 8.40. The Hall–Kier alpha value is -1.50. The Labute approximate surface area is 149 Å². The number of piperidine rings is 1. The standard InChI is InChI=1S/C18H31N3O4/c1-3-21(17(24)25-4-2)14-5-8-19(9-6-14)15-11-18(12-15)7-10-20(13-18)16(22)23/h14-15H,3-13H2,1-2H3,(H,22,23). The maximum atomic E-state index is 12.0. The molecule has 3 fully saturated rings. The zero-order valence-corrected chi connectivity index (χ0v) is 15.4. The summed E-state index contributed by atoms with van der Waals surface area (Å²) in [6.07, 6.45) is 4.28. The quantitative estimate of drug-likeness (QED) is 0.840. The summed E-state index contributed by atoms with van der Waals surface area (Å²) >= 11 is 0. The van der Waals surface area contributed by atoms with Crippen LogP contribution in [0.1, 0.15) is 46.0 Å². The molecule has 0 bridgehead atoms. The summed E-state index contributed by atoms with van der Waals surface area (Å²) in [5.41, 5.74) is 0.236. The lowest BCUT2D eigenvalue weighted by atomic mass is 9.64. The average molecular weight is 353 g/mol. The second-order valence-corrected chi connectivity index (χ2v) is 7.77. The maximum Gasteiger partial charge on any atom is 0.409 e. The summed E-state index contributed by atoms with van der Waals surface area (Å²) < 4.78 is 5.17. The number of nitrogens with zero attached hydrogens (tertiary/aromatic N) is 3. The molecule has 1 N–H and O–H groups in total. The van der Waals surface area contributed by atoms with Crippen LogP contribution in [0.25, 0.3) is 0 Å². The molecule has 0 aromatic rings. The van der Waals surface area contributed by atoms with E-state index in [1.54, 1.807) is 4.90 Å². The molecule has 0 aromatic carbocycles. The molecule has 3 rings (SSSR count). The van der Waals surface area contributed by atoms with Crippen LogP contribution in [0.15, 0.2) is 0 Å². The van der Waals surface area contributed by atoms with E-state index in [4.69, 9.17) is 9.84 Å². The number of likely N-dealkylation sites (tertiary alicyclic amines) is 2. The van der Waals surface area contributed by atoms with Crippen molar-refractivity contribution in [3.05, 3.63) is 0 Å². The second-order valence-electron chi connectivity index (χ2n) is 7.77. The highest BCUT2D eigenvalue weighted by Gasteiger charge is 2.51. The van der Waals surface area contributed by atoms with E-state index in [2.05, 4.69) is 4.90 Å². The Bertz CT molecular complexity index is 499. The van der Waals surface area contributed by atoms with Crippen LogP contribution in [-0.4, -0.2) is 83.4 Å². The van der Waals surface area contributed by atoms with Gasteiger partial charge in [0.15, 0.2) is 0 Å². The molecule has 1 saturated carbocycles. The third-order valence-electron chi connectivity index (χ3n) is 6.35. The number of amides is 2. The normalized spacial score (nSPS) is 30.3. The van der Waals surface area contributed by atoms with Crippen LogP contribution in [0.2, 0.25) is 0 Å². The fourth-order valence-corrected chi connectivity index (χ4v) is 4.94. The lowest BCUT2D eigenvalue weighted by molar-refractivity contribution is -0.0147. The molecule has 1 spiro atoms. The van der Waals surface area contributed by atoms with Gasteiger partial charge in [0.1, 0.15) is 0 Å². The number of carbonyl (C=O) groups excluding carboxylic acids is 1. The van der Waals surface area contributed by atoms with Gasteiger partial charge in [0.05, 0.1) is 6.61 Å². The van der Waals surface area contributed by atoms with E-state index in [0.29, 0.717) is 32.3 Å². The van der Waals surface area contributed by atoms with Crippen LogP contribution in [0.5, 0.6) is 0 Å². The predicted octanol–water partition coefficient (Wildman–Crippen LogP) is 2.46. The van der Waals surface area contributed by atoms with E-state index in [1.165, 1.54) is 0 Å². The monoisotopic (exact) mass is 353 g/mol. The molecule has 3 aliphatic rings. The number of hydrogen-bond donors (Lipinski definition) is 1. The highest BCUT2D eigenvalue weighted by molar-refractivity contribution is 5.68. The number of ether oxygens (including phenoxy) is 1. The summed E-state index contributed by atoms with van der Waals surface area (Å²) in [7, 11) is 0. The molecule has 1 aliphatic carbocycles. The lowest BCUT2D eigenvalue weighted by Crippen LogP contribution is -2.56. The fraction of sp³-hybridized carbons (Fsp3) is 0.889. The van der Waals surface area contributed by atoms with Gasteiger partial charge in [0.25, 0.3) is 0 Å². The smallest absolute Gasteiger partial charge is 0.409 e. The van der Waals surface area contributed by atoms with Crippen LogP contribution in [-0.2, 0) is 4.74 Å². The van der Waals surface area contributed by atoms with Crippen LogP contribution >= 0.6 is 0 Å². The fourth-order valence-electron chi connectivity index (χ4n) is 4.94. The van der Waals surface area contributed by atoms with Crippen molar-refractivity contribution in [2.45, 2.75) is 58.0 Å². The number of rotatable bonds is 4. The minimum atomic E-state index is -0.778. The van der Waals surface area contributed by atoms with Gasteiger partial charge in [-0.1, -0.05) is 0 Å². The Morgan fingerprint density at radius 3 is 2.40 bits per heavy atom. The summed E-state index contributed by atoms with van der Waals surface area (Å²) in [5, 5.41) is 9.14. The molecule has 0 unspecified atom stereocenters. The topological polar surface area (TPSA) is 73.3 Å². The van der Waals surface area contributed by atoms with Crippen LogP contribution in [0.4, 0.5) is 9.59 Å². The minimum absolute atomic E-state index is 0.189. The summed E-state index contributed by atoms with van der Waals surface area (Å²) in [6, 6.07) is 0.871. The van der Waals surface area contributed by atoms with E-state index in [-0.39, 0.29) is 17.6 Å². The Kier molecular flexibility index (Phi) is 5.41. The molecule has 0 atom stereocenters. The SMILES string of the molecule is CCOC(=O)N(CC)C1CCN(C2CC3(CCN(C(=O)O)C3)C2)CC1.